The molecule has 0 bridgehead atoms. The molecule has 0 unspecified atom stereocenters. The first-order valence-corrected chi connectivity index (χ1v) is 8.30. The number of aryl methyl sites for hydroxylation is 1. The Labute approximate surface area is 151 Å². The topological polar surface area (TPSA) is 17.1 Å². The van der Waals surface area contributed by atoms with Crippen LogP contribution in [0.1, 0.15) is 27.0 Å². The van der Waals surface area contributed by atoms with Gasteiger partial charge in [-0.25, -0.2) is 0 Å². The maximum Gasteiger partial charge on any atom is 0.329 e. The highest BCUT2D eigenvalue weighted by Crippen LogP contribution is 2.31. The number of alkyl halides is 2. The maximum atomic E-state index is 14.8. The van der Waals surface area contributed by atoms with Gasteiger partial charge in [0.2, 0.25) is 5.78 Å². The molecule has 0 N–H and O–H groups in total. The first-order chi connectivity index (χ1) is 12.5. The van der Waals surface area contributed by atoms with E-state index in [1.807, 2.05) is 19.1 Å². The molecule has 0 aliphatic carbocycles. The molecular weight excluding hydrogens is 330 g/mol. The zero-order chi connectivity index (χ0) is 18.6. The van der Waals surface area contributed by atoms with Gasteiger partial charge in [-0.15, -0.1) is 0 Å². The maximum absolute atomic E-state index is 14.8. The summed E-state index contributed by atoms with van der Waals surface area (Å²) in [5.41, 5.74) is 2.51. The van der Waals surface area contributed by atoms with Crippen molar-refractivity contribution < 1.29 is 13.6 Å². The zero-order valence-electron chi connectivity index (χ0n) is 14.3. The Morgan fingerprint density at radius 3 is 1.65 bits per heavy atom. The van der Waals surface area contributed by atoms with Gasteiger partial charge < -0.3 is 0 Å². The summed E-state index contributed by atoms with van der Waals surface area (Å²) < 4.78 is 29.6. The number of ketones is 1. The average Bonchev–Trinajstić information content (AvgIpc) is 2.67. The highest BCUT2D eigenvalue weighted by molar-refractivity contribution is 6.04. The SMILES string of the molecule is Cc1ccc(C(=O)C(F)(F)C=C(c2ccccc2)c2ccccc2)cc1. The van der Waals surface area contributed by atoms with E-state index < -0.39 is 11.7 Å². The lowest BCUT2D eigenvalue weighted by Gasteiger charge is -2.15. The lowest BCUT2D eigenvalue weighted by molar-refractivity contribution is 0.0384. The summed E-state index contributed by atoms with van der Waals surface area (Å²) in [6.45, 7) is 1.84. The van der Waals surface area contributed by atoms with Gasteiger partial charge in [0.15, 0.2) is 0 Å². The Morgan fingerprint density at radius 1 is 0.731 bits per heavy atom. The van der Waals surface area contributed by atoms with Gasteiger partial charge in [-0.2, -0.15) is 8.78 Å². The van der Waals surface area contributed by atoms with Crippen LogP contribution in [0.2, 0.25) is 0 Å². The largest absolute Gasteiger partial charge is 0.329 e. The lowest BCUT2D eigenvalue weighted by atomic mass is 9.94. The number of carbonyl (C=O) groups excluding carboxylic acids is 1. The molecule has 3 aromatic rings. The Morgan fingerprint density at radius 2 is 1.19 bits per heavy atom. The van der Waals surface area contributed by atoms with Crippen LogP contribution in [0.25, 0.3) is 5.57 Å². The molecule has 3 heteroatoms. The second kappa shape index (κ2) is 7.44. The minimum atomic E-state index is -3.61. The summed E-state index contributed by atoms with van der Waals surface area (Å²) in [6, 6.07) is 24.0. The van der Waals surface area contributed by atoms with E-state index in [-0.39, 0.29) is 5.56 Å². The molecule has 0 aromatic heterocycles. The van der Waals surface area contributed by atoms with Gasteiger partial charge in [0.1, 0.15) is 0 Å². The van der Waals surface area contributed by atoms with Crippen molar-refractivity contribution >= 4 is 11.4 Å². The second-order valence-corrected chi connectivity index (χ2v) is 6.11. The third-order valence-electron chi connectivity index (χ3n) is 4.11. The van der Waals surface area contributed by atoms with Crippen molar-refractivity contribution in [2.75, 3.05) is 0 Å². The molecule has 3 rings (SSSR count). The average molecular weight is 348 g/mol. The fraction of sp³-hybridized carbons (Fsp3) is 0.0870. The van der Waals surface area contributed by atoms with E-state index in [1.54, 1.807) is 60.7 Å². The molecule has 0 saturated heterocycles. The predicted octanol–water partition coefficient (Wildman–Crippen LogP) is 5.94. The molecule has 0 aliphatic heterocycles. The molecule has 26 heavy (non-hydrogen) atoms. The van der Waals surface area contributed by atoms with Crippen molar-refractivity contribution in [3.8, 4) is 0 Å². The Bertz CT molecular complexity index is 870. The number of Topliss-reactive ketones (excluding diaryl/α,β-unsaturated/α-hetero) is 1. The number of allylic oxidation sites excluding steroid dienone is 1. The molecule has 1 nitrogen and oxygen atoms in total. The summed E-state index contributed by atoms with van der Waals surface area (Å²) in [6.07, 6.45) is 0.764. The van der Waals surface area contributed by atoms with E-state index in [2.05, 4.69) is 0 Å². The van der Waals surface area contributed by atoms with Crippen molar-refractivity contribution in [2.45, 2.75) is 12.8 Å². The molecule has 0 aliphatic rings. The van der Waals surface area contributed by atoms with Crippen molar-refractivity contribution in [2.24, 2.45) is 0 Å². The molecule has 130 valence electrons. The van der Waals surface area contributed by atoms with Crippen LogP contribution in [0.3, 0.4) is 0 Å². The van der Waals surface area contributed by atoms with E-state index in [0.717, 1.165) is 11.6 Å². The normalized spacial score (nSPS) is 11.0. The lowest BCUT2D eigenvalue weighted by Crippen LogP contribution is -2.26. The molecule has 0 saturated carbocycles. The highest BCUT2D eigenvalue weighted by Gasteiger charge is 2.37. The van der Waals surface area contributed by atoms with Crippen LogP contribution >= 0.6 is 0 Å². The second-order valence-electron chi connectivity index (χ2n) is 6.11. The van der Waals surface area contributed by atoms with Crippen LogP contribution in [-0.2, 0) is 0 Å². The minimum absolute atomic E-state index is 0.00248. The van der Waals surface area contributed by atoms with Gasteiger partial charge in [0, 0.05) is 11.6 Å². The number of hydrogen-bond donors (Lipinski definition) is 0. The predicted molar refractivity (Wildman–Crippen MR) is 100 cm³/mol. The third kappa shape index (κ3) is 3.94. The van der Waals surface area contributed by atoms with Crippen molar-refractivity contribution in [1.29, 1.82) is 0 Å². The summed E-state index contributed by atoms with van der Waals surface area (Å²) in [4.78, 5) is 12.4. The molecule has 0 fully saturated rings. The third-order valence-corrected chi connectivity index (χ3v) is 4.11. The zero-order valence-corrected chi connectivity index (χ0v) is 14.3. The van der Waals surface area contributed by atoms with Crippen LogP contribution < -0.4 is 0 Å². The molecule has 0 spiro atoms. The van der Waals surface area contributed by atoms with Crippen LogP contribution in [0.15, 0.2) is 91.0 Å². The van der Waals surface area contributed by atoms with Crippen molar-refractivity contribution in [3.05, 3.63) is 113 Å². The van der Waals surface area contributed by atoms with Crippen LogP contribution in [0, 0.1) is 6.92 Å². The summed E-state index contributed by atoms with van der Waals surface area (Å²) in [5, 5.41) is 0. The minimum Gasteiger partial charge on any atom is -0.287 e. The first kappa shape index (κ1) is 17.7. The van der Waals surface area contributed by atoms with E-state index >= 15 is 0 Å². The molecule has 3 aromatic carbocycles. The monoisotopic (exact) mass is 348 g/mol. The van der Waals surface area contributed by atoms with Gasteiger partial charge in [-0.05, 0) is 23.6 Å². The number of benzene rings is 3. The van der Waals surface area contributed by atoms with Gasteiger partial charge >= 0.3 is 5.92 Å². The first-order valence-electron chi connectivity index (χ1n) is 8.30. The molecule has 0 radical (unpaired) electrons. The van der Waals surface area contributed by atoms with Gasteiger partial charge in [-0.1, -0.05) is 90.5 Å². The van der Waals surface area contributed by atoms with E-state index in [9.17, 15) is 13.6 Å². The highest BCUT2D eigenvalue weighted by atomic mass is 19.3. The number of hydrogen-bond acceptors (Lipinski definition) is 1. The molecule has 0 atom stereocenters. The standard InChI is InChI=1S/C23H18F2O/c1-17-12-14-20(15-13-17)22(26)23(24,25)16-21(18-8-4-2-5-9-18)19-10-6-3-7-11-19/h2-16H,1H3. The Balaban J connectivity index is 2.06. The summed E-state index contributed by atoms with van der Waals surface area (Å²) >= 11 is 0. The van der Waals surface area contributed by atoms with Crippen LogP contribution in [0.5, 0.6) is 0 Å². The molecule has 0 amide bonds. The van der Waals surface area contributed by atoms with Gasteiger partial charge in [0.25, 0.3) is 0 Å². The Kier molecular flexibility index (Phi) is 5.08. The molecule has 0 heterocycles. The number of carbonyl (C=O) groups is 1. The van der Waals surface area contributed by atoms with Crippen LogP contribution in [0.4, 0.5) is 8.78 Å². The van der Waals surface area contributed by atoms with E-state index in [0.29, 0.717) is 16.7 Å². The Hall–Kier alpha value is -3.07. The van der Waals surface area contributed by atoms with E-state index in [4.69, 9.17) is 0 Å². The van der Waals surface area contributed by atoms with Gasteiger partial charge in [0.05, 0.1) is 0 Å². The smallest absolute Gasteiger partial charge is 0.287 e. The van der Waals surface area contributed by atoms with Crippen molar-refractivity contribution in [3.63, 3.8) is 0 Å². The quantitative estimate of drug-likeness (QED) is 0.521. The fourth-order valence-electron chi connectivity index (χ4n) is 2.71. The van der Waals surface area contributed by atoms with Crippen LogP contribution in [-0.4, -0.2) is 11.7 Å². The fourth-order valence-corrected chi connectivity index (χ4v) is 2.71. The number of halogens is 2. The van der Waals surface area contributed by atoms with Gasteiger partial charge in [-0.3, -0.25) is 4.79 Å². The summed E-state index contributed by atoms with van der Waals surface area (Å²) in [5.74, 6) is -4.82. The van der Waals surface area contributed by atoms with Crippen molar-refractivity contribution in [1.82, 2.24) is 0 Å². The van der Waals surface area contributed by atoms with E-state index in [1.165, 1.54) is 12.1 Å². The summed E-state index contributed by atoms with van der Waals surface area (Å²) in [7, 11) is 0. The number of rotatable bonds is 5. The molecular formula is C23H18F2O.